The van der Waals surface area contributed by atoms with E-state index in [-0.39, 0.29) is 11.4 Å². The largest absolute Gasteiger partial charge is 0.397 e. The molecule has 2 saturated heterocycles. The van der Waals surface area contributed by atoms with Crippen LogP contribution in [0, 0.1) is 5.41 Å². The third kappa shape index (κ3) is 3.44. The lowest BCUT2D eigenvalue weighted by molar-refractivity contribution is 0.133. The molecule has 3 heterocycles. The molecule has 4 rings (SSSR count). The number of hydrogen-bond acceptors (Lipinski definition) is 7. The Morgan fingerprint density at radius 1 is 1.25 bits per heavy atom. The zero-order valence-electron chi connectivity index (χ0n) is 15.8. The van der Waals surface area contributed by atoms with E-state index in [2.05, 4.69) is 9.88 Å². The zero-order valence-corrected chi connectivity index (χ0v) is 17.4. The van der Waals surface area contributed by atoms with Gasteiger partial charge in [-0.3, -0.25) is 9.36 Å². The lowest BCUT2D eigenvalue weighted by Gasteiger charge is -2.39. The Morgan fingerprint density at radius 2 is 2.00 bits per heavy atom. The summed E-state index contributed by atoms with van der Waals surface area (Å²) in [6.07, 6.45) is 3.20. The van der Waals surface area contributed by atoms with Crippen molar-refractivity contribution in [2.24, 2.45) is 12.5 Å². The van der Waals surface area contributed by atoms with E-state index in [1.807, 2.05) is 6.07 Å². The van der Waals surface area contributed by atoms with Crippen molar-refractivity contribution in [2.45, 2.75) is 29.1 Å². The SMILES string of the molecule is Cn1c(N2CCC3(CCOC3)CC2)nc(N)c(Sc2cccc(N)c2Cl)c1=O. The second-order valence-corrected chi connectivity index (χ2v) is 8.97. The third-order valence-corrected chi connectivity index (χ3v) is 7.43. The van der Waals surface area contributed by atoms with E-state index in [1.54, 1.807) is 23.7 Å². The van der Waals surface area contributed by atoms with E-state index in [0.717, 1.165) is 45.6 Å². The number of aromatic nitrogens is 2. The fraction of sp³-hybridized carbons (Fsp3) is 0.474. The van der Waals surface area contributed by atoms with Gasteiger partial charge >= 0.3 is 0 Å². The van der Waals surface area contributed by atoms with E-state index in [1.165, 1.54) is 11.8 Å². The van der Waals surface area contributed by atoms with E-state index in [0.29, 0.717) is 31.9 Å². The van der Waals surface area contributed by atoms with Gasteiger partial charge in [-0.2, -0.15) is 4.98 Å². The molecule has 1 spiro atoms. The smallest absolute Gasteiger partial charge is 0.270 e. The maximum atomic E-state index is 13.0. The average molecular weight is 422 g/mol. The van der Waals surface area contributed by atoms with Gasteiger partial charge in [0.15, 0.2) is 0 Å². The quantitative estimate of drug-likeness (QED) is 0.735. The van der Waals surface area contributed by atoms with Crippen LogP contribution in [0.3, 0.4) is 0 Å². The molecule has 9 heteroatoms. The molecule has 0 bridgehead atoms. The summed E-state index contributed by atoms with van der Waals surface area (Å²) in [5.74, 6) is 0.824. The molecule has 0 radical (unpaired) electrons. The van der Waals surface area contributed by atoms with Crippen LogP contribution in [0.4, 0.5) is 17.5 Å². The Balaban J connectivity index is 1.60. The van der Waals surface area contributed by atoms with Gasteiger partial charge in [-0.25, -0.2) is 0 Å². The highest BCUT2D eigenvalue weighted by atomic mass is 35.5. The first-order chi connectivity index (χ1) is 13.4. The molecule has 4 N–H and O–H groups in total. The predicted molar refractivity (Wildman–Crippen MR) is 113 cm³/mol. The molecule has 28 heavy (non-hydrogen) atoms. The van der Waals surface area contributed by atoms with Crippen molar-refractivity contribution in [2.75, 3.05) is 42.7 Å². The Labute approximate surface area is 173 Å². The normalized spacial score (nSPS) is 18.7. The molecule has 2 fully saturated rings. The first-order valence-electron chi connectivity index (χ1n) is 9.31. The lowest BCUT2D eigenvalue weighted by atomic mass is 9.78. The summed E-state index contributed by atoms with van der Waals surface area (Å²) in [6.45, 7) is 3.38. The highest BCUT2D eigenvalue weighted by Crippen LogP contribution is 2.40. The van der Waals surface area contributed by atoms with Crippen molar-refractivity contribution in [3.63, 3.8) is 0 Å². The molecule has 0 saturated carbocycles. The van der Waals surface area contributed by atoms with Crippen LogP contribution in [-0.4, -0.2) is 35.9 Å². The molecule has 0 unspecified atom stereocenters. The number of benzene rings is 1. The van der Waals surface area contributed by atoms with Crippen molar-refractivity contribution >= 4 is 40.8 Å². The number of nitrogens with two attached hydrogens (primary N) is 2. The molecule has 0 amide bonds. The van der Waals surface area contributed by atoms with Gasteiger partial charge in [-0.15, -0.1) is 0 Å². The van der Waals surface area contributed by atoms with Crippen LogP contribution in [0.15, 0.2) is 32.8 Å². The van der Waals surface area contributed by atoms with E-state index < -0.39 is 0 Å². The Hall–Kier alpha value is -1.90. The molecule has 2 aromatic rings. The maximum absolute atomic E-state index is 13.0. The molecule has 150 valence electrons. The summed E-state index contributed by atoms with van der Waals surface area (Å²) in [5, 5.41) is 0.415. The number of nitrogen functional groups attached to an aromatic ring is 2. The minimum absolute atomic E-state index is 0.185. The first kappa shape index (κ1) is 19.4. The van der Waals surface area contributed by atoms with Crippen LogP contribution >= 0.6 is 23.4 Å². The molecular formula is C19H24ClN5O2S. The first-order valence-corrected chi connectivity index (χ1v) is 10.5. The van der Waals surface area contributed by atoms with Gasteiger partial charge in [0, 0.05) is 31.6 Å². The van der Waals surface area contributed by atoms with Crippen LogP contribution in [0.25, 0.3) is 0 Å². The van der Waals surface area contributed by atoms with Crippen LogP contribution < -0.4 is 21.9 Å². The molecule has 0 atom stereocenters. The highest BCUT2D eigenvalue weighted by molar-refractivity contribution is 7.99. The van der Waals surface area contributed by atoms with E-state index in [4.69, 9.17) is 27.8 Å². The fourth-order valence-electron chi connectivity index (χ4n) is 3.91. The fourth-order valence-corrected chi connectivity index (χ4v) is 5.10. The maximum Gasteiger partial charge on any atom is 0.270 e. The van der Waals surface area contributed by atoms with Crippen molar-refractivity contribution in [1.82, 2.24) is 9.55 Å². The van der Waals surface area contributed by atoms with Gasteiger partial charge < -0.3 is 21.1 Å². The molecule has 2 aliphatic heterocycles. The van der Waals surface area contributed by atoms with E-state index in [9.17, 15) is 4.79 Å². The summed E-state index contributed by atoms with van der Waals surface area (Å²) in [7, 11) is 1.73. The number of ether oxygens (including phenoxy) is 1. The van der Waals surface area contributed by atoms with Crippen LogP contribution in [0.5, 0.6) is 0 Å². The van der Waals surface area contributed by atoms with E-state index >= 15 is 0 Å². The third-order valence-electron chi connectivity index (χ3n) is 5.75. The van der Waals surface area contributed by atoms with Crippen molar-refractivity contribution < 1.29 is 4.74 Å². The monoisotopic (exact) mass is 421 g/mol. The number of hydrogen-bond donors (Lipinski definition) is 2. The summed E-state index contributed by atoms with van der Waals surface area (Å²) in [4.78, 5) is 20.7. The average Bonchev–Trinajstić information content (AvgIpc) is 3.14. The predicted octanol–water partition coefficient (Wildman–Crippen LogP) is 2.76. The molecule has 0 aliphatic carbocycles. The molecule has 2 aliphatic rings. The summed E-state index contributed by atoms with van der Waals surface area (Å²) in [6, 6.07) is 5.32. The molecule has 7 nitrogen and oxygen atoms in total. The topological polar surface area (TPSA) is 99.4 Å². The van der Waals surface area contributed by atoms with Crippen molar-refractivity contribution in [3.8, 4) is 0 Å². The van der Waals surface area contributed by atoms with Crippen LogP contribution in [0.1, 0.15) is 19.3 Å². The minimum atomic E-state index is -0.185. The van der Waals surface area contributed by atoms with Gasteiger partial charge in [0.05, 0.1) is 17.3 Å². The standard InChI is InChI=1S/C19H24ClN5O2S/c1-24-17(26)15(28-13-4-2-3-12(21)14(13)20)16(22)23-18(24)25-8-5-19(6-9-25)7-10-27-11-19/h2-4H,5-11,21-22H2,1H3. The van der Waals surface area contributed by atoms with Gasteiger partial charge in [-0.05, 0) is 36.8 Å². The minimum Gasteiger partial charge on any atom is -0.397 e. The van der Waals surface area contributed by atoms with Crippen molar-refractivity contribution in [1.29, 1.82) is 0 Å². The summed E-state index contributed by atoms with van der Waals surface area (Å²) < 4.78 is 7.17. The summed E-state index contributed by atoms with van der Waals surface area (Å²) in [5.41, 5.74) is 12.6. The van der Waals surface area contributed by atoms with Crippen LogP contribution in [-0.2, 0) is 11.8 Å². The summed E-state index contributed by atoms with van der Waals surface area (Å²) >= 11 is 7.46. The number of nitrogens with zero attached hydrogens (tertiary/aromatic N) is 3. The number of rotatable bonds is 3. The molecule has 1 aromatic carbocycles. The second kappa shape index (κ2) is 7.50. The van der Waals surface area contributed by atoms with Crippen molar-refractivity contribution in [3.05, 3.63) is 33.6 Å². The molecule has 1 aromatic heterocycles. The number of anilines is 3. The lowest BCUT2D eigenvalue weighted by Crippen LogP contribution is -2.43. The number of piperidine rings is 1. The molecular weight excluding hydrogens is 398 g/mol. The Bertz CT molecular complexity index is 948. The number of halogens is 1. The van der Waals surface area contributed by atoms with Gasteiger partial charge in [-0.1, -0.05) is 29.4 Å². The van der Waals surface area contributed by atoms with Gasteiger partial charge in [0.2, 0.25) is 5.95 Å². The van der Waals surface area contributed by atoms with Gasteiger partial charge in [0.25, 0.3) is 5.56 Å². The van der Waals surface area contributed by atoms with Crippen LogP contribution in [0.2, 0.25) is 5.02 Å². The Morgan fingerprint density at radius 3 is 2.68 bits per heavy atom. The highest BCUT2D eigenvalue weighted by Gasteiger charge is 2.38. The second-order valence-electron chi connectivity index (χ2n) is 7.54. The zero-order chi connectivity index (χ0) is 19.9. The van der Waals surface area contributed by atoms with Gasteiger partial charge in [0.1, 0.15) is 10.7 Å². The Kier molecular flexibility index (Phi) is 5.20.